The molecule has 2 aliphatic rings. The maximum Gasteiger partial charge on any atom is 0.325 e. The Labute approximate surface area is 119 Å². The third-order valence-electron chi connectivity index (χ3n) is 3.73. The molecule has 6 nitrogen and oxygen atoms in total. The van der Waals surface area contributed by atoms with Crippen molar-refractivity contribution in [2.24, 2.45) is 22.7 Å². The number of amidine groups is 1. The van der Waals surface area contributed by atoms with Gasteiger partial charge in [0, 0.05) is 12.0 Å². The van der Waals surface area contributed by atoms with Gasteiger partial charge in [-0.15, -0.1) is 0 Å². The number of esters is 1. The highest BCUT2D eigenvalue weighted by molar-refractivity contribution is 5.83. The number of carbonyl (C=O) groups is 1. The summed E-state index contributed by atoms with van der Waals surface area (Å²) in [5.41, 5.74) is 5.28. The first-order valence-corrected chi connectivity index (χ1v) is 7.26. The van der Waals surface area contributed by atoms with Gasteiger partial charge in [0.25, 0.3) is 0 Å². The molecular formula is C14H25N3O3. The van der Waals surface area contributed by atoms with Crippen LogP contribution >= 0.6 is 0 Å². The van der Waals surface area contributed by atoms with E-state index in [0.29, 0.717) is 5.92 Å². The molecule has 1 heterocycles. The summed E-state index contributed by atoms with van der Waals surface area (Å²) in [5, 5.41) is 15.1. The number of nitrogens with one attached hydrogen (secondary N) is 1. The number of nitrogens with two attached hydrogens (primary N) is 1. The molecule has 2 rings (SSSR count). The van der Waals surface area contributed by atoms with Crippen molar-refractivity contribution in [2.45, 2.75) is 64.1 Å². The maximum absolute atomic E-state index is 11.9. The fourth-order valence-corrected chi connectivity index (χ4v) is 2.46. The van der Waals surface area contributed by atoms with Gasteiger partial charge in [0.2, 0.25) is 0 Å². The van der Waals surface area contributed by atoms with E-state index < -0.39 is 5.60 Å². The second-order valence-corrected chi connectivity index (χ2v) is 6.92. The van der Waals surface area contributed by atoms with Crippen molar-refractivity contribution < 1.29 is 14.7 Å². The van der Waals surface area contributed by atoms with E-state index in [1.807, 2.05) is 20.8 Å². The molecule has 0 aromatic carbocycles. The third-order valence-corrected chi connectivity index (χ3v) is 3.73. The van der Waals surface area contributed by atoms with Crippen LogP contribution in [0.4, 0.5) is 0 Å². The molecule has 0 amide bonds. The molecule has 6 heteroatoms. The minimum Gasteiger partial charge on any atom is -0.459 e. The van der Waals surface area contributed by atoms with E-state index in [2.05, 4.69) is 10.5 Å². The van der Waals surface area contributed by atoms with Crippen LogP contribution in [0.15, 0.2) is 5.16 Å². The summed E-state index contributed by atoms with van der Waals surface area (Å²) in [4.78, 5) is 11.9. The van der Waals surface area contributed by atoms with E-state index in [9.17, 15) is 4.79 Å². The van der Waals surface area contributed by atoms with Gasteiger partial charge in [-0.25, -0.2) is 0 Å². The van der Waals surface area contributed by atoms with Crippen molar-refractivity contribution in [1.29, 1.82) is 0 Å². The van der Waals surface area contributed by atoms with E-state index in [1.54, 1.807) is 0 Å². The predicted molar refractivity (Wildman–Crippen MR) is 75.4 cm³/mol. The van der Waals surface area contributed by atoms with Crippen LogP contribution in [0.1, 0.15) is 46.5 Å². The van der Waals surface area contributed by atoms with Crippen molar-refractivity contribution >= 4 is 11.8 Å². The van der Waals surface area contributed by atoms with Gasteiger partial charge in [-0.1, -0.05) is 18.0 Å². The quantitative estimate of drug-likeness (QED) is 0.170. The second-order valence-electron chi connectivity index (χ2n) is 6.92. The first kappa shape index (κ1) is 15.1. The van der Waals surface area contributed by atoms with Crippen molar-refractivity contribution in [3.63, 3.8) is 0 Å². The van der Waals surface area contributed by atoms with Gasteiger partial charge in [0.15, 0.2) is 0 Å². The topological polar surface area (TPSA) is 107 Å². The first-order valence-electron chi connectivity index (χ1n) is 7.26. The van der Waals surface area contributed by atoms with Gasteiger partial charge in [0.05, 0.1) is 0 Å². The molecule has 4 N–H and O–H groups in total. The molecular weight excluding hydrogens is 258 g/mol. The van der Waals surface area contributed by atoms with Crippen LogP contribution < -0.4 is 11.1 Å². The highest BCUT2D eigenvalue weighted by atomic mass is 16.6. The summed E-state index contributed by atoms with van der Waals surface area (Å²) in [6.07, 6.45) is 4.11. The minimum atomic E-state index is -0.467. The lowest BCUT2D eigenvalue weighted by Crippen LogP contribution is -2.29. The van der Waals surface area contributed by atoms with Crippen LogP contribution in [0.2, 0.25) is 0 Å². The zero-order chi connectivity index (χ0) is 14.9. The fourth-order valence-electron chi connectivity index (χ4n) is 2.46. The van der Waals surface area contributed by atoms with Crippen LogP contribution in [0, 0.1) is 11.8 Å². The molecule has 0 radical (unpaired) electrons. The van der Waals surface area contributed by atoms with E-state index >= 15 is 0 Å². The number of ether oxygens (including phenoxy) is 1. The van der Waals surface area contributed by atoms with Gasteiger partial charge >= 0.3 is 5.97 Å². The number of hydrogen-bond acceptors (Lipinski definition) is 5. The van der Waals surface area contributed by atoms with Crippen molar-refractivity contribution in [3.05, 3.63) is 0 Å². The molecule has 3 atom stereocenters. The SMILES string of the molecule is CC(C)(C)OC(=O)C1NC1CC(CC1CC1)/C(N)=N/O. The van der Waals surface area contributed by atoms with Gasteiger partial charge < -0.3 is 15.7 Å². The predicted octanol–water partition coefficient (Wildman–Crippen LogP) is 1.22. The first-order chi connectivity index (χ1) is 9.30. The fraction of sp³-hybridized carbons (Fsp3) is 0.857. The Morgan fingerprint density at radius 2 is 2.10 bits per heavy atom. The summed E-state index contributed by atoms with van der Waals surface area (Å²) < 4.78 is 5.34. The summed E-state index contributed by atoms with van der Waals surface area (Å²) in [6.45, 7) is 5.57. The van der Waals surface area contributed by atoms with Crippen LogP contribution in [0.25, 0.3) is 0 Å². The number of carbonyl (C=O) groups excluding carboxylic acids is 1. The van der Waals surface area contributed by atoms with Crippen molar-refractivity contribution in [3.8, 4) is 0 Å². The molecule has 114 valence electrons. The Bertz CT molecular complexity index is 399. The summed E-state index contributed by atoms with van der Waals surface area (Å²) in [7, 11) is 0. The normalized spacial score (nSPS) is 28.1. The number of oxime groups is 1. The zero-order valence-corrected chi connectivity index (χ0v) is 12.4. The van der Waals surface area contributed by atoms with E-state index in [0.717, 1.165) is 12.8 Å². The maximum atomic E-state index is 11.9. The largest absolute Gasteiger partial charge is 0.459 e. The summed E-state index contributed by atoms with van der Waals surface area (Å²) in [5.74, 6) is 0.789. The number of nitrogens with zero attached hydrogens (tertiary/aromatic N) is 1. The van der Waals surface area contributed by atoms with Gasteiger partial charge in [-0.05, 0) is 39.5 Å². The molecule has 1 saturated carbocycles. The number of rotatable bonds is 6. The molecule has 0 spiro atoms. The smallest absolute Gasteiger partial charge is 0.325 e. The Morgan fingerprint density at radius 3 is 2.60 bits per heavy atom. The van der Waals surface area contributed by atoms with E-state index in [1.165, 1.54) is 12.8 Å². The molecule has 0 bridgehead atoms. The molecule has 0 aromatic rings. The molecule has 1 aliphatic heterocycles. The molecule has 3 unspecified atom stereocenters. The van der Waals surface area contributed by atoms with E-state index in [4.69, 9.17) is 15.7 Å². The van der Waals surface area contributed by atoms with Gasteiger partial charge in [-0.2, -0.15) is 0 Å². The molecule has 0 aromatic heterocycles. The highest BCUT2D eigenvalue weighted by Gasteiger charge is 2.46. The van der Waals surface area contributed by atoms with Crippen LogP contribution in [-0.4, -0.2) is 34.7 Å². The molecule has 1 aliphatic carbocycles. The molecule has 1 saturated heterocycles. The minimum absolute atomic E-state index is 0.0393. The third kappa shape index (κ3) is 4.37. The molecule has 20 heavy (non-hydrogen) atoms. The lowest BCUT2D eigenvalue weighted by molar-refractivity contribution is -0.154. The van der Waals surface area contributed by atoms with Gasteiger partial charge in [-0.3, -0.25) is 10.1 Å². The Balaban J connectivity index is 1.82. The monoisotopic (exact) mass is 283 g/mol. The lowest BCUT2D eigenvalue weighted by atomic mass is 9.94. The molecule has 2 fully saturated rings. The summed E-state index contributed by atoms with van der Waals surface area (Å²) >= 11 is 0. The average molecular weight is 283 g/mol. The number of hydrogen-bond donors (Lipinski definition) is 3. The standard InChI is InChI=1S/C14H25N3O3/c1-14(2,3)20-13(18)11-10(16-11)7-9(12(15)17-19)6-8-4-5-8/h8-11,16,19H,4-7H2,1-3H3,(H2,15,17). The van der Waals surface area contributed by atoms with Crippen LogP contribution in [0.5, 0.6) is 0 Å². The van der Waals surface area contributed by atoms with Crippen molar-refractivity contribution in [1.82, 2.24) is 5.32 Å². The lowest BCUT2D eigenvalue weighted by Gasteiger charge is -2.19. The second kappa shape index (κ2) is 5.60. The Morgan fingerprint density at radius 1 is 1.45 bits per heavy atom. The average Bonchev–Trinajstić information content (AvgIpc) is 3.19. The zero-order valence-electron chi connectivity index (χ0n) is 12.4. The Hall–Kier alpha value is -1.30. The van der Waals surface area contributed by atoms with Crippen LogP contribution in [-0.2, 0) is 9.53 Å². The summed E-state index contributed by atoms with van der Waals surface area (Å²) in [6, 6.07) is -0.170. The van der Waals surface area contributed by atoms with E-state index in [-0.39, 0.29) is 29.8 Å². The van der Waals surface area contributed by atoms with Crippen LogP contribution in [0.3, 0.4) is 0 Å². The van der Waals surface area contributed by atoms with Gasteiger partial charge in [0.1, 0.15) is 17.5 Å². The van der Waals surface area contributed by atoms with Crippen molar-refractivity contribution in [2.75, 3.05) is 0 Å². The Kier molecular flexibility index (Phi) is 4.22. The highest BCUT2D eigenvalue weighted by Crippen LogP contribution is 2.37.